The van der Waals surface area contributed by atoms with Gasteiger partial charge in [0.25, 0.3) is 0 Å². The summed E-state index contributed by atoms with van der Waals surface area (Å²) in [5.74, 6) is 0. The Labute approximate surface area is 106 Å². The maximum Gasteiger partial charge on any atom is 0.469 e. The zero-order chi connectivity index (χ0) is 12.3. The van der Waals surface area contributed by atoms with Gasteiger partial charge in [-0.15, -0.1) is 0 Å². The predicted molar refractivity (Wildman–Crippen MR) is 64.3 cm³/mol. The minimum atomic E-state index is -4.51. The molecule has 0 aliphatic heterocycles. The van der Waals surface area contributed by atoms with E-state index in [9.17, 15) is 9.67 Å². The van der Waals surface area contributed by atoms with Crippen LogP contribution in [-0.4, -0.2) is 37.8 Å². The molecule has 8 heteroatoms. The maximum atomic E-state index is 10.6. The third-order valence-electron chi connectivity index (χ3n) is 2.38. The van der Waals surface area contributed by atoms with Crippen molar-refractivity contribution in [1.82, 2.24) is 0 Å². The number of halogens is 2. The van der Waals surface area contributed by atoms with Crippen molar-refractivity contribution in [3.05, 3.63) is 0 Å². The highest BCUT2D eigenvalue weighted by molar-refractivity contribution is 9.10. The molecule has 0 aliphatic rings. The molecule has 3 N–H and O–H groups in total. The van der Waals surface area contributed by atoms with Crippen LogP contribution < -0.4 is 0 Å². The second kappa shape index (κ2) is 6.10. The Morgan fingerprint density at radius 1 is 1.33 bits per heavy atom. The topological polar surface area (TPSA) is 87.0 Å². The summed E-state index contributed by atoms with van der Waals surface area (Å²) in [6.07, 6.45) is 0. The SMILES string of the molecule is CC(Br)C(CO)(COP(=O)(O)O)C(C)Br. The van der Waals surface area contributed by atoms with Crippen molar-refractivity contribution in [3.63, 3.8) is 0 Å². The van der Waals surface area contributed by atoms with Crippen LogP contribution in [0.2, 0.25) is 0 Å². The average molecular weight is 370 g/mol. The lowest BCUT2D eigenvalue weighted by atomic mass is 9.84. The molecule has 2 atom stereocenters. The lowest BCUT2D eigenvalue weighted by molar-refractivity contribution is 0.0552. The third-order valence-corrected chi connectivity index (χ3v) is 4.67. The van der Waals surface area contributed by atoms with Crippen LogP contribution in [0.5, 0.6) is 0 Å². The molecule has 2 unspecified atom stereocenters. The lowest BCUT2D eigenvalue weighted by Crippen LogP contribution is -2.44. The van der Waals surface area contributed by atoms with Gasteiger partial charge in [-0.2, -0.15) is 0 Å². The predicted octanol–water partition coefficient (Wildman–Crippen LogP) is 1.64. The van der Waals surface area contributed by atoms with Gasteiger partial charge in [0.05, 0.1) is 13.2 Å². The van der Waals surface area contributed by atoms with Gasteiger partial charge in [-0.05, 0) is 0 Å². The monoisotopic (exact) mass is 368 g/mol. The van der Waals surface area contributed by atoms with Gasteiger partial charge in [0.1, 0.15) is 0 Å². The van der Waals surface area contributed by atoms with Crippen LogP contribution in [0.15, 0.2) is 0 Å². The fourth-order valence-electron chi connectivity index (χ4n) is 1.05. The molecule has 92 valence electrons. The van der Waals surface area contributed by atoms with Crippen LogP contribution in [0.3, 0.4) is 0 Å². The summed E-state index contributed by atoms with van der Waals surface area (Å²) in [5, 5.41) is 9.32. The summed E-state index contributed by atoms with van der Waals surface area (Å²) in [6.45, 7) is 3.10. The average Bonchev–Trinajstić information content (AvgIpc) is 2.02. The molecule has 0 aromatic rings. The Bertz CT molecular complexity index is 232. The quantitative estimate of drug-likeness (QED) is 0.489. The molecule has 0 fully saturated rings. The number of aliphatic hydroxyl groups excluding tert-OH is 1. The molecule has 0 saturated carbocycles. The van der Waals surface area contributed by atoms with Crippen LogP contribution in [0.4, 0.5) is 0 Å². The lowest BCUT2D eigenvalue weighted by Gasteiger charge is -2.37. The van der Waals surface area contributed by atoms with E-state index in [1.54, 1.807) is 13.8 Å². The van der Waals surface area contributed by atoms with Gasteiger partial charge in [-0.1, -0.05) is 45.7 Å². The van der Waals surface area contributed by atoms with E-state index >= 15 is 0 Å². The summed E-state index contributed by atoms with van der Waals surface area (Å²) in [4.78, 5) is 16.9. The van der Waals surface area contributed by atoms with Crippen molar-refractivity contribution in [2.24, 2.45) is 5.41 Å². The number of phosphoric ester groups is 1. The summed E-state index contributed by atoms with van der Waals surface area (Å²) in [6, 6.07) is 0. The summed E-state index contributed by atoms with van der Waals surface area (Å²) >= 11 is 6.61. The van der Waals surface area contributed by atoms with Crippen LogP contribution in [0.25, 0.3) is 0 Å². The normalized spacial score (nSPS) is 20.7. The molecule has 0 aromatic carbocycles. The minimum absolute atomic E-state index is 0.157. The fourth-order valence-corrected chi connectivity index (χ4v) is 3.16. The minimum Gasteiger partial charge on any atom is -0.396 e. The standard InChI is InChI=1S/C7H15Br2O5P/c1-5(8)7(3-10,6(2)9)4-14-15(11,12)13/h5-6,10H,3-4H2,1-2H3,(H2,11,12,13). The van der Waals surface area contributed by atoms with E-state index in [-0.39, 0.29) is 22.9 Å². The first-order chi connectivity index (χ1) is 6.65. The van der Waals surface area contributed by atoms with Crippen LogP contribution >= 0.6 is 39.7 Å². The first-order valence-corrected chi connectivity index (χ1v) is 7.61. The molecule has 5 nitrogen and oxygen atoms in total. The highest BCUT2D eigenvalue weighted by Gasteiger charge is 2.41. The van der Waals surface area contributed by atoms with E-state index in [1.807, 2.05) is 0 Å². The van der Waals surface area contributed by atoms with Gasteiger partial charge in [-0.25, -0.2) is 4.57 Å². The van der Waals surface area contributed by atoms with E-state index in [1.165, 1.54) is 0 Å². The van der Waals surface area contributed by atoms with Crippen LogP contribution in [0.1, 0.15) is 13.8 Å². The molecule has 0 heterocycles. The van der Waals surface area contributed by atoms with Crippen molar-refractivity contribution in [2.75, 3.05) is 13.2 Å². The van der Waals surface area contributed by atoms with Crippen molar-refractivity contribution >= 4 is 39.7 Å². The molecule has 0 saturated heterocycles. The number of aliphatic hydroxyl groups is 1. The van der Waals surface area contributed by atoms with Crippen LogP contribution in [-0.2, 0) is 9.09 Å². The molecule has 0 aliphatic carbocycles. The second-order valence-electron chi connectivity index (χ2n) is 3.39. The van der Waals surface area contributed by atoms with Crippen LogP contribution in [0, 0.1) is 5.41 Å². The molecule has 0 amide bonds. The molecular weight excluding hydrogens is 355 g/mol. The van der Waals surface area contributed by atoms with Gasteiger partial charge >= 0.3 is 7.82 Å². The van der Waals surface area contributed by atoms with E-state index in [4.69, 9.17) is 9.79 Å². The molecule has 0 rings (SSSR count). The first kappa shape index (κ1) is 16.0. The van der Waals surface area contributed by atoms with E-state index in [0.717, 1.165) is 0 Å². The molecule has 0 bridgehead atoms. The Morgan fingerprint density at radius 2 is 1.73 bits per heavy atom. The molecular formula is C7H15Br2O5P. The van der Waals surface area contributed by atoms with Gasteiger partial charge in [0.2, 0.25) is 0 Å². The summed E-state index contributed by atoms with van der Waals surface area (Å²) in [5.41, 5.74) is -0.777. The Balaban J connectivity index is 4.72. The molecule has 15 heavy (non-hydrogen) atoms. The zero-order valence-electron chi connectivity index (χ0n) is 8.43. The maximum absolute atomic E-state index is 10.6. The smallest absolute Gasteiger partial charge is 0.396 e. The number of hydrogen-bond donors (Lipinski definition) is 3. The molecule has 0 aromatic heterocycles. The van der Waals surface area contributed by atoms with Crippen molar-refractivity contribution in [1.29, 1.82) is 0 Å². The highest BCUT2D eigenvalue weighted by atomic mass is 79.9. The molecule has 0 radical (unpaired) electrons. The van der Waals surface area contributed by atoms with Gasteiger partial charge in [-0.3, -0.25) is 4.52 Å². The van der Waals surface area contributed by atoms with E-state index in [2.05, 4.69) is 36.4 Å². The number of rotatable bonds is 6. The van der Waals surface area contributed by atoms with Gasteiger partial charge in [0, 0.05) is 15.1 Å². The first-order valence-electron chi connectivity index (χ1n) is 4.25. The summed E-state index contributed by atoms with van der Waals surface area (Å²) in [7, 11) is -4.51. The van der Waals surface area contributed by atoms with Gasteiger partial charge < -0.3 is 14.9 Å². The second-order valence-corrected chi connectivity index (χ2v) is 7.37. The number of alkyl halides is 2. The van der Waals surface area contributed by atoms with Crippen molar-refractivity contribution in [2.45, 2.75) is 23.5 Å². The Kier molecular flexibility index (Phi) is 6.51. The van der Waals surface area contributed by atoms with E-state index in [0.29, 0.717) is 0 Å². The number of phosphoric acid groups is 1. The third kappa shape index (κ3) is 4.81. The Morgan fingerprint density at radius 3 is 1.93 bits per heavy atom. The fraction of sp³-hybridized carbons (Fsp3) is 1.00. The molecule has 0 spiro atoms. The zero-order valence-corrected chi connectivity index (χ0v) is 12.5. The Hall–Kier alpha value is 1.03. The highest BCUT2D eigenvalue weighted by Crippen LogP contribution is 2.43. The van der Waals surface area contributed by atoms with Crippen molar-refractivity contribution < 1.29 is 24.0 Å². The largest absolute Gasteiger partial charge is 0.469 e. The van der Waals surface area contributed by atoms with Crippen molar-refractivity contribution in [3.8, 4) is 0 Å². The number of hydrogen-bond acceptors (Lipinski definition) is 3. The van der Waals surface area contributed by atoms with E-state index < -0.39 is 13.2 Å². The summed E-state index contributed by atoms with van der Waals surface area (Å²) < 4.78 is 15.1. The van der Waals surface area contributed by atoms with Gasteiger partial charge in [0.15, 0.2) is 0 Å².